The Hall–Kier alpha value is -2.82. The summed E-state index contributed by atoms with van der Waals surface area (Å²) in [4.78, 5) is 17.5. The fourth-order valence-electron chi connectivity index (χ4n) is 5.16. The van der Waals surface area contributed by atoms with Gasteiger partial charge < -0.3 is 14.0 Å². The van der Waals surface area contributed by atoms with E-state index in [1.54, 1.807) is 0 Å². The van der Waals surface area contributed by atoms with Gasteiger partial charge in [0.05, 0.1) is 18.1 Å². The number of para-hydroxylation sites is 2. The smallest absolute Gasteiger partial charge is 0.315 e. The van der Waals surface area contributed by atoms with Crippen LogP contribution in [-0.4, -0.2) is 28.7 Å². The number of hydrogen-bond donors (Lipinski definition) is 0. The van der Waals surface area contributed by atoms with Gasteiger partial charge in [0, 0.05) is 13.0 Å². The van der Waals surface area contributed by atoms with Gasteiger partial charge in [-0.2, -0.15) is 0 Å². The third kappa shape index (κ3) is 4.92. The third-order valence-electron chi connectivity index (χ3n) is 7.18. The third-order valence-corrected chi connectivity index (χ3v) is 7.18. The van der Waals surface area contributed by atoms with E-state index >= 15 is 0 Å². The van der Waals surface area contributed by atoms with Crippen LogP contribution in [0.25, 0.3) is 11.0 Å². The average molecular weight is 449 g/mol. The summed E-state index contributed by atoms with van der Waals surface area (Å²) in [5, 5.41) is 0. The molecule has 5 nitrogen and oxygen atoms in total. The molecule has 1 aliphatic rings. The van der Waals surface area contributed by atoms with Crippen molar-refractivity contribution in [2.45, 2.75) is 77.9 Å². The van der Waals surface area contributed by atoms with Gasteiger partial charge in [0.2, 0.25) is 0 Å². The van der Waals surface area contributed by atoms with Crippen molar-refractivity contribution in [1.82, 2.24) is 9.55 Å². The zero-order valence-electron chi connectivity index (χ0n) is 20.2. The molecule has 0 bridgehead atoms. The molecule has 4 rings (SSSR count). The highest BCUT2D eigenvalue weighted by Gasteiger charge is 2.46. The molecular formula is C28H36N2O3. The zero-order chi connectivity index (χ0) is 23.3. The van der Waals surface area contributed by atoms with E-state index < -0.39 is 5.41 Å². The van der Waals surface area contributed by atoms with E-state index in [4.69, 9.17) is 14.5 Å². The van der Waals surface area contributed by atoms with Crippen LogP contribution in [0.4, 0.5) is 0 Å². The second kappa shape index (κ2) is 10.4. The number of carbonyl (C=O) groups excluding carboxylic acids is 1. The Morgan fingerprint density at radius 3 is 2.52 bits per heavy atom. The molecule has 1 saturated carbocycles. The highest BCUT2D eigenvalue weighted by Crippen LogP contribution is 2.42. The number of unbranched alkanes of at least 4 members (excludes halogenated alkanes) is 1. The van der Waals surface area contributed by atoms with E-state index in [-0.39, 0.29) is 12.1 Å². The summed E-state index contributed by atoms with van der Waals surface area (Å²) in [5.74, 6) is 1.80. The molecule has 1 fully saturated rings. The maximum atomic E-state index is 12.7. The van der Waals surface area contributed by atoms with Gasteiger partial charge >= 0.3 is 5.97 Å². The Labute approximate surface area is 197 Å². The van der Waals surface area contributed by atoms with Crippen molar-refractivity contribution >= 4 is 17.0 Å². The van der Waals surface area contributed by atoms with E-state index in [0.29, 0.717) is 0 Å². The lowest BCUT2D eigenvalue weighted by Gasteiger charge is -2.39. The Kier molecular flexibility index (Phi) is 7.36. The summed E-state index contributed by atoms with van der Waals surface area (Å²) < 4.78 is 13.8. The van der Waals surface area contributed by atoms with Gasteiger partial charge in [-0.1, -0.05) is 56.9 Å². The van der Waals surface area contributed by atoms with Crippen molar-refractivity contribution in [1.29, 1.82) is 0 Å². The normalized spacial score (nSPS) is 16.5. The van der Waals surface area contributed by atoms with Crippen molar-refractivity contribution in [2.75, 3.05) is 7.11 Å². The van der Waals surface area contributed by atoms with Crippen LogP contribution in [0, 0.1) is 5.41 Å². The van der Waals surface area contributed by atoms with Crippen molar-refractivity contribution in [3.05, 3.63) is 59.9 Å². The fraction of sp³-hybridized carbons (Fsp3) is 0.500. The van der Waals surface area contributed by atoms with Crippen LogP contribution < -0.4 is 4.74 Å². The van der Waals surface area contributed by atoms with Crippen molar-refractivity contribution in [2.24, 2.45) is 5.41 Å². The fourth-order valence-corrected chi connectivity index (χ4v) is 5.16. The topological polar surface area (TPSA) is 53.4 Å². The molecule has 0 aliphatic heterocycles. The molecule has 1 atom stereocenters. The van der Waals surface area contributed by atoms with Crippen molar-refractivity contribution in [3.8, 4) is 5.75 Å². The monoisotopic (exact) mass is 448 g/mol. The first-order valence-electron chi connectivity index (χ1n) is 12.4. The molecule has 1 unspecified atom stereocenters. The van der Waals surface area contributed by atoms with Crippen LogP contribution in [0.3, 0.4) is 0 Å². The Balaban J connectivity index is 1.50. The van der Waals surface area contributed by atoms with E-state index in [0.717, 1.165) is 68.6 Å². The summed E-state index contributed by atoms with van der Waals surface area (Å²) in [5.41, 5.74) is 2.89. The molecule has 2 aromatic carbocycles. The second-order valence-electron chi connectivity index (χ2n) is 9.32. The summed E-state index contributed by atoms with van der Waals surface area (Å²) in [6, 6.07) is 16.6. The molecule has 33 heavy (non-hydrogen) atoms. The first-order chi connectivity index (χ1) is 16.1. The summed E-state index contributed by atoms with van der Waals surface area (Å²) in [7, 11) is 1.48. The molecule has 0 amide bonds. The molecule has 3 aromatic rings. The molecule has 5 heteroatoms. The number of carbonyl (C=O) groups is 1. The lowest BCUT2D eigenvalue weighted by Crippen LogP contribution is -2.46. The lowest BCUT2D eigenvalue weighted by atomic mass is 9.70. The number of fused-ring (bicyclic) bond motifs is 1. The number of nitrogens with zero attached hydrogens (tertiary/aromatic N) is 2. The van der Waals surface area contributed by atoms with Crippen LogP contribution in [0.2, 0.25) is 0 Å². The number of aromatic nitrogens is 2. The van der Waals surface area contributed by atoms with E-state index in [1.807, 2.05) is 25.1 Å². The van der Waals surface area contributed by atoms with Gasteiger partial charge in [0.15, 0.2) is 0 Å². The largest absolute Gasteiger partial charge is 0.490 e. The SMILES string of the molecule is CCCCc1nc2ccccc2n1Cc1ccc(OC(C)C2(C(=O)OC)CCCCC2)cc1. The summed E-state index contributed by atoms with van der Waals surface area (Å²) >= 11 is 0. The number of esters is 1. The molecule has 0 spiro atoms. The number of aryl methyl sites for hydroxylation is 1. The highest BCUT2D eigenvalue weighted by molar-refractivity contribution is 5.78. The van der Waals surface area contributed by atoms with Gasteiger partial charge in [-0.05, 0) is 56.0 Å². The Morgan fingerprint density at radius 2 is 1.82 bits per heavy atom. The molecular weight excluding hydrogens is 412 g/mol. The molecule has 1 aromatic heterocycles. The van der Waals surface area contributed by atoms with E-state index in [9.17, 15) is 4.79 Å². The Morgan fingerprint density at radius 1 is 1.09 bits per heavy atom. The predicted molar refractivity (Wildman–Crippen MR) is 132 cm³/mol. The number of imidazole rings is 1. The van der Waals surface area contributed by atoms with Crippen LogP contribution in [0.15, 0.2) is 48.5 Å². The van der Waals surface area contributed by atoms with Gasteiger partial charge in [-0.3, -0.25) is 4.79 Å². The average Bonchev–Trinajstić information content (AvgIpc) is 3.20. The van der Waals surface area contributed by atoms with Crippen LogP contribution in [0.5, 0.6) is 5.75 Å². The zero-order valence-corrected chi connectivity index (χ0v) is 20.2. The lowest BCUT2D eigenvalue weighted by molar-refractivity contribution is -0.161. The van der Waals surface area contributed by atoms with E-state index in [2.05, 4.69) is 41.8 Å². The highest BCUT2D eigenvalue weighted by atomic mass is 16.5. The van der Waals surface area contributed by atoms with Gasteiger partial charge in [-0.15, -0.1) is 0 Å². The van der Waals surface area contributed by atoms with Crippen molar-refractivity contribution in [3.63, 3.8) is 0 Å². The van der Waals surface area contributed by atoms with Crippen molar-refractivity contribution < 1.29 is 14.3 Å². The van der Waals surface area contributed by atoms with Gasteiger partial charge in [0.25, 0.3) is 0 Å². The maximum absolute atomic E-state index is 12.7. The number of methoxy groups -OCH3 is 1. The Bertz CT molecular complexity index is 1060. The number of benzene rings is 2. The number of hydrogen-bond acceptors (Lipinski definition) is 4. The second-order valence-corrected chi connectivity index (χ2v) is 9.32. The minimum Gasteiger partial charge on any atom is -0.490 e. The maximum Gasteiger partial charge on any atom is 0.315 e. The number of rotatable bonds is 9. The molecule has 0 N–H and O–H groups in total. The first-order valence-corrected chi connectivity index (χ1v) is 12.4. The molecule has 1 heterocycles. The predicted octanol–water partition coefficient (Wildman–Crippen LogP) is 6.32. The van der Waals surface area contributed by atoms with Crippen LogP contribution >= 0.6 is 0 Å². The van der Waals surface area contributed by atoms with Crippen LogP contribution in [0.1, 0.15) is 70.2 Å². The van der Waals surface area contributed by atoms with Gasteiger partial charge in [0.1, 0.15) is 23.1 Å². The quantitative estimate of drug-likeness (QED) is 0.360. The minimum absolute atomic E-state index is 0.141. The molecule has 1 aliphatic carbocycles. The molecule has 176 valence electrons. The molecule has 0 saturated heterocycles. The first kappa shape index (κ1) is 23.3. The minimum atomic E-state index is -0.546. The summed E-state index contributed by atoms with van der Waals surface area (Å²) in [6.45, 7) is 5.00. The molecule has 0 radical (unpaired) electrons. The van der Waals surface area contributed by atoms with Crippen LogP contribution in [-0.2, 0) is 22.5 Å². The number of ether oxygens (including phenoxy) is 2. The standard InChI is InChI=1S/C28H36N2O3/c1-4-5-13-26-29-24-11-7-8-12-25(24)30(26)20-22-14-16-23(17-15-22)33-21(2)28(27(31)32-3)18-9-6-10-19-28/h7-8,11-12,14-17,21H,4-6,9-10,13,18-20H2,1-3H3. The van der Waals surface area contributed by atoms with Gasteiger partial charge in [-0.25, -0.2) is 4.98 Å². The summed E-state index contributed by atoms with van der Waals surface area (Å²) in [6.07, 6.45) is 7.95. The van der Waals surface area contributed by atoms with E-state index in [1.165, 1.54) is 24.6 Å².